The zero-order chi connectivity index (χ0) is 13.2. The summed E-state index contributed by atoms with van der Waals surface area (Å²) < 4.78 is 10.3. The summed E-state index contributed by atoms with van der Waals surface area (Å²) in [4.78, 5) is 15.3. The first-order valence-corrected chi connectivity index (χ1v) is 6.17. The van der Waals surface area contributed by atoms with Gasteiger partial charge in [-0.3, -0.25) is 0 Å². The second-order valence-corrected chi connectivity index (χ2v) is 3.73. The summed E-state index contributed by atoms with van der Waals surface area (Å²) in [6.07, 6.45) is 0.926. The van der Waals surface area contributed by atoms with E-state index < -0.39 is 6.09 Å². The van der Waals surface area contributed by atoms with Crippen LogP contribution in [0.4, 0.5) is 4.79 Å². The van der Waals surface area contributed by atoms with Gasteiger partial charge in [-0.2, -0.15) is 0 Å². The van der Waals surface area contributed by atoms with E-state index in [1.54, 1.807) is 0 Å². The Bertz CT molecular complexity index is 379. The Hall–Kier alpha value is -1.84. The lowest BCUT2D eigenvalue weighted by atomic mass is 10.2. The number of rotatable bonds is 5. The number of aliphatic imine (C=N–C) groups is 1. The summed E-state index contributed by atoms with van der Waals surface area (Å²) in [5, 5.41) is 0. The maximum absolute atomic E-state index is 11.5. The zero-order valence-electron chi connectivity index (χ0n) is 10.9. The highest BCUT2D eigenvalue weighted by Crippen LogP contribution is 2.03. The molecule has 0 saturated heterocycles. The molecule has 0 aliphatic carbocycles. The highest BCUT2D eigenvalue weighted by molar-refractivity contribution is 5.87. The highest BCUT2D eigenvalue weighted by atomic mass is 16.6. The molecule has 0 aliphatic rings. The van der Waals surface area contributed by atoms with E-state index in [2.05, 4.69) is 4.99 Å². The molecular weight excluding hydrogens is 230 g/mol. The van der Waals surface area contributed by atoms with Gasteiger partial charge in [-0.15, -0.1) is 4.99 Å². The van der Waals surface area contributed by atoms with Crippen molar-refractivity contribution in [1.82, 2.24) is 0 Å². The van der Waals surface area contributed by atoms with E-state index in [9.17, 15) is 4.79 Å². The van der Waals surface area contributed by atoms with E-state index >= 15 is 0 Å². The molecule has 4 heteroatoms. The smallest absolute Gasteiger partial charge is 0.436 e. The van der Waals surface area contributed by atoms with Gasteiger partial charge in [0.2, 0.25) is 0 Å². The molecule has 1 aromatic carbocycles. The first kappa shape index (κ1) is 14.2. The van der Waals surface area contributed by atoms with Crippen LogP contribution in [0, 0.1) is 0 Å². The number of carbonyl (C=O) groups excluding carboxylic acids is 1. The molecule has 0 aliphatic heterocycles. The van der Waals surface area contributed by atoms with Gasteiger partial charge in [-0.1, -0.05) is 37.3 Å². The fourth-order valence-electron chi connectivity index (χ4n) is 1.39. The summed E-state index contributed by atoms with van der Waals surface area (Å²) in [7, 11) is 0. The van der Waals surface area contributed by atoms with E-state index in [4.69, 9.17) is 9.47 Å². The van der Waals surface area contributed by atoms with Gasteiger partial charge in [0, 0.05) is 6.42 Å². The van der Waals surface area contributed by atoms with Crippen molar-refractivity contribution in [2.75, 3.05) is 6.61 Å². The molecule has 98 valence electrons. The van der Waals surface area contributed by atoms with Crippen LogP contribution in [0.3, 0.4) is 0 Å². The molecule has 0 atom stereocenters. The van der Waals surface area contributed by atoms with Crippen molar-refractivity contribution in [3.63, 3.8) is 0 Å². The average molecular weight is 249 g/mol. The number of amides is 1. The Labute approximate surface area is 108 Å². The normalized spacial score (nSPS) is 11.1. The van der Waals surface area contributed by atoms with Gasteiger partial charge in [0.05, 0.1) is 6.61 Å². The van der Waals surface area contributed by atoms with Gasteiger partial charge in [0.15, 0.2) is 5.90 Å². The summed E-state index contributed by atoms with van der Waals surface area (Å²) in [6.45, 7) is 4.60. The van der Waals surface area contributed by atoms with Gasteiger partial charge in [-0.05, 0) is 18.9 Å². The van der Waals surface area contributed by atoms with E-state index in [-0.39, 0.29) is 6.61 Å². The van der Waals surface area contributed by atoms with Crippen LogP contribution in [0.2, 0.25) is 0 Å². The molecule has 0 N–H and O–H groups in total. The highest BCUT2D eigenvalue weighted by Gasteiger charge is 2.05. The van der Waals surface area contributed by atoms with Crippen LogP contribution in [0.15, 0.2) is 35.3 Å². The molecule has 0 spiro atoms. The number of ether oxygens (including phenoxy) is 2. The van der Waals surface area contributed by atoms with Crippen LogP contribution in [0.5, 0.6) is 0 Å². The third-order valence-electron chi connectivity index (χ3n) is 2.20. The fraction of sp³-hybridized carbons (Fsp3) is 0.429. The van der Waals surface area contributed by atoms with Crippen LogP contribution in [-0.4, -0.2) is 18.6 Å². The quantitative estimate of drug-likeness (QED) is 0.592. The van der Waals surface area contributed by atoms with E-state index in [0.717, 1.165) is 12.0 Å². The third-order valence-corrected chi connectivity index (χ3v) is 2.20. The zero-order valence-corrected chi connectivity index (χ0v) is 10.9. The Morgan fingerprint density at radius 3 is 2.50 bits per heavy atom. The summed E-state index contributed by atoms with van der Waals surface area (Å²) in [6, 6.07) is 9.50. The molecule has 0 saturated carbocycles. The molecular formula is C14H19NO3. The lowest BCUT2D eigenvalue weighted by Crippen LogP contribution is -2.09. The Balaban J connectivity index is 2.46. The van der Waals surface area contributed by atoms with Crippen molar-refractivity contribution in [1.29, 1.82) is 0 Å². The topological polar surface area (TPSA) is 47.9 Å². The molecule has 0 fully saturated rings. The van der Waals surface area contributed by atoms with Gasteiger partial charge < -0.3 is 9.47 Å². The Morgan fingerprint density at radius 2 is 1.89 bits per heavy atom. The fourth-order valence-corrected chi connectivity index (χ4v) is 1.39. The summed E-state index contributed by atoms with van der Waals surface area (Å²) >= 11 is 0. The molecule has 1 rings (SSSR count). The number of carbonyl (C=O) groups is 1. The van der Waals surface area contributed by atoms with Crippen molar-refractivity contribution in [3.8, 4) is 0 Å². The maximum atomic E-state index is 11.5. The molecule has 0 radical (unpaired) electrons. The first-order valence-electron chi connectivity index (χ1n) is 6.17. The number of nitrogens with zero attached hydrogens (tertiary/aromatic N) is 1. The summed E-state index contributed by atoms with van der Waals surface area (Å²) in [5.41, 5.74) is 0.939. The van der Waals surface area contributed by atoms with Crippen LogP contribution in [0.25, 0.3) is 0 Å². The molecule has 18 heavy (non-hydrogen) atoms. The second kappa shape index (κ2) is 8.28. The van der Waals surface area contributed by atoms with Gasteiger partial charge in [-0.25, -0.2) is 4.79 Å². The van der Waals surface area contributed by atoms with E-state index in [0.29, 0.717) is 18.9 Å². The van der Waals surface area contributed by atoms with Gasteiger partial charge in [0.1, 0.15) is 6.61 Å². The van der Waals surface area contributed by atoms with Crippen molar-refractivity contribution in [3.05, 3.63) is 35.9 Å². The third kappa shape index (κ3) is 5.48. The number of hydrogen-bond acceptors (Lipinski definition) is 3. The van der Waals surface area contributed by atoms with Crippen molar-refractivity contribution in [2.45, 2.75) is 33.3 Å². The molecule has 1 amide bonds. The van der Waals surface area contributed by atoms with E-state index in [1.807, 2.05) is 44.2 Å². The van der Waals surface area contributed by atoms with Crippen molar-refractivity contribution >= 4 is 12.0 Å². The molecule has 1 aromatic rings. The minimum absolute atomic E-state index is 0.231. The lowest BCUT2D eigenvalue weighted by Gasteiger charge is -2.06. The predicted octanol–water partition coefficient (Wildman–Crippen LogP) is 3.56. The van der Waals surface area contributed by atoms with Crippen LogP contribution >= 0.6 is 0 Å². The second-order valence-electron chi connectivity index (χ2n) is 3.73. The standard InChI is InChI=1S/C14H19NO3/c1-3-8-13(17-4-2)15-14(16)18-11-12-9-6-5-7-10-12/h5-7,9-10H,3-4,8,11H2,1-2H3. The molecule has 0 aromatic heterocycles. The van der Waals surface area contributed by atoms with Crippen molar-refractivity contribution < 1.29 is 14.3 Å². The minimum atomic E-state index is -0.601. The lowest BCUT2D eigenvalue weighted by molar-refractivity contribution is 0.149. The molecule has 0 unspecified atom stereocenters. The summed E-state index contributed by atoms with van der Waals surface area (Å²) in [5.74, 6) is 0.443. The average Bonchev–Trinajstić information content (AvgIpc) is 2.38. The molecule has 4 nitrogen and oxygen atoms in total. The predicted molar refractivity (Wildman–Crippen MR) is 70.6 cm³/mol. The Kier molecular flexibility index (Phi) is 6.54. The molecule has 0 bridgehead atoms. The monoisotopic (exact) mass is 249 g/mol. The number of benzene rings is 1. The maximum Gasteiger partial charge on any atom is 0.436 e. The Morgan fingerprint density at radius 1 is 1.17 bits per heavy atom. The first-order chi connectivity index (χ1) is 8.76. The largest absolute Gasteiger partial charge is 0.481 e. The van der Waals surface area contributed by atoms with Gasteiger partial charge >= 0.3 is 6.09 Å². The van der Waals surface area contributed by atoms with Gasteiger partial charge in [0.25, 0.3) is 0 Å². The molecule has 0 heterocycles. The van der Waals surface area contributed by atoms with Crippen LogP contribution in [0.1, 0.15) is 32.3 Å². The van der Waals surface area contributed by atoms with Crippen molar-refractivity contribution in [2.24, 2.45) is 4.99 Å². The van der Waals surface area contributed by atoms with E-state index in [1.165, 1.54) is 0 Å². The van der Waals surface area contributed by atoms with Crippen LogP contribution < -0.4 is 0 Å². The SMILES string of the molecule is CCCC(=NC(=O)OCc1ccccc1)OCC. The number of hydrogen-bond donors (Lipinski definition) is 0. The van der Waals surface area contributed by atoms with Crippen LogP contribution in [-0.2, 0) is 16.1 Å². The minimum Gasteiger partial charge on any atom is -0.481 e.